The minimum atomic E-state index is -0.833. The van der Waals surface area contributed by atoms with E-state index >= 15 is 0 Å². The minimum Gasteiger partial charge on any atom is -0.481 e. The molecule has 7 heteroatoms. The molecule has 0 aromatic rings. The highest BCUT2D eigenvalue weighted by Gasteiger charge is 2.18. The summed E-state index contributed by atoms with van der Waals surface area (Å²) in [5, 5.41) is 12.8. The van der Waals surface area contributed by atoms with E-state index in [1.807, 2.05) is 19.0 Å². The largest absolute Gasteiger partial charge is 0.481 e. The van der Waals surface area contributed by atoms with Gasteiger partial charge in [0.15, 0.2) is 0 Å². The van der Waals surface area contributed by atoms with Crippen molar-refractivity contribution >= 4 is 17.8 Å². The lowest BCUT2D eigenvalue weighted by atomic mass is 10.1. The molecule has 1 unspecified atom stereocenters. The van der Waals surface area contributed by atoms with Gasteiger partial charge in [0.1, 0.15) is 0 Å². The number of carboxylic acid groups (broad SMARTS) is 1. The first-order valence-electron chi connectivity index (χ1n) is 6.54. The summed E-state index contributed by atoms with van der Waals surface area (Å²) < 4.78 is 0. The van der Waals surface area contributed by atoms with Gasteiger partial charge in [-0.25, -0.2) is 0 Å². The van der Waals surface area contributed by atoms with Crippen LogP contribution in [0.2, 0.25) is 0 Å². The summed E-state index contributed by atoms with van der Waals surface area (Å²) >= 11 is 0. The van der Waals surface area contributed by atoms with Gasteiger partial charge in [0.25, 0.3) is 5.97 Å². The molecule has 0 aliphatic carbocycles. The second-order valence-corrected chi connectivity index (χ2v) is 4.59. The molecule has 0 aliphatic heterocycles. The van der Waals surface area contributed by atoms with Crippen LogP contribution in [0.15, 0.2) is 0 Å². The maximum Gasteiger partial charge on any atom is 0.300 e. The van der Waals surface area contributed by atoms with E-state index in [-0.39, 0.29) is 17.9 Å². The lowest BCUT2D eigenvalue weighted by Gasteiger charge is -2.22. The van der Waals surface area contributed by atoms with Crippen LogP contribution >= 0.6 is 0 Å². The summed E-state index contributed by atoms with van der Waals surface area (Å²) in [4.78, 5) is 33.0. The fourth-order valence-electron chi connectivity index (χ4n) is 1.52. The molecule has 0 fully saturated rings. The number of unbranched alkanes of at least 4 members (excludes halogenated alkanes) is 1. The van der Waals surface area contributed by atoms with Gasteiger partial charge in [-0.15, -0.1) is 0 Å². The van der Waals surface area contributed by atoms with E-state index in [1.165, 1.54) is 6.92 Å². The van der Waals surface area contributed by atoms with Gasteiger partial charge in [-0.3, -0.25) is 19.3 Å². The van der Waals surface area contributed by atoms with Gasteiger partial charge < -0.3 is 15.7 Å². The van der Waals surface area contributed by atoms with Crippen LogP contribution in [0.1, 0.15) is 33.1 Å². The Morgan fingerprint density at radius 2 is 1.65 bits per heavy atom. The first kappa shape index (κ1) is 20.7. The number of nitrogens with one attached hydrogen (secondary N) is 2. The van der Waals surface area contributed by atoms with Crippen molar-refractivity contribution in [3.05, 3.63) is 0 Å². The van der Waals surface area contributed by atoms with Gasteiger partial charge in [0.05, 0.1) is 6.04 Å². The standard InChI is InChI=1S/C11H23N3O2.C2H4O2/c1-9(15)13-8-6-5-7-10(14(3)4)11(16)12-2;1-2(3)4/h10H,5-8H2,1-4H3,(H,12,16)(H,13,15);1H3,(H,3,4)/i1+1,2+1,14+1;1+1. The van der Waals surface area contributed by atoms with E-state index in [1.54, 1.807) is 7.05 Å². The van der Waals surface area contributed by atoms with Crippen LogP contribution < -0.4 is 10.6 Å². The summed E-state index contributed by atoms with van der Waals surface area (Å²) in [6.07, 6.45) is 2.64. The van der Waals surface area contributed by atoms with Crippen molar-refractivity contribution in [2.45, 2.75) is 39.2 Å². The summed E-state index contributed by atoms with van der Waals surface area (Å²) in [6, 6.07) is -0.0812. The topological polar surface area (TPSA) is 98.7 Å². The number of carbonyl (C=O) groups excluding carboxylic acids is 2. The number of carboxylic acids is 1. The third-order valence-corrected chi connectivity index (χ3v) is 2.45. The van der Waals surface area contributed by atoms with Crippen molar-refractivity contribution < 1.29 is 19.5 Å². The summed E-state index contributed by atoms with van der Waals surface area (Å²) in [5.41, 5.74) is 0. The van der Waals surface area contributed by atoms with Crippen molar-refractivity contribution in [2.75, 3.05) is 27.7 Å². The molecule has 0 rings (SSSR count). The molecule has 2 amide bonds. The zero-order valence-electron chi connectivity index (χ0n) is 13.0. The first-order chi connectivity index (χ1) is 9.22. The van der Waals surface area contributed by atoms with Crippen LogP contribution in [0.3, 0.4) is 0 Å². The van der Waals surface area contributed by atoms with Crippen LogP contribution in [0, 0.1) is 0 Å². The average molecular weight is 293 g/mol. The van der Waals surface area contributed by atoms with E-state index < -0.39 is 5.97 Å². The number of aliphatic carboxylic acids is 1. The molecule has 3 N–H and O–H groups in total. The van der Waals surface area contributed by atoms with E-state index in [4.69, 9.17) is 9.90 Å². The molecule has 1 atom stereocenters. The normalized spacial score (nSPS) is 11.1. The molecule has 0 spiro atoms. The fraction of sp³-hybridized carbons (Fsp3) is 0.769. The third kappa shape index (κ3) is 14.4. The van der Waals surface area contributed by atoms with E-state index in [2.05, 4.69) is 10.6 Å². The van der Waals surface area contributed by atoms with Crippen molar-refractivity contribution in [2.24, 2.45) is 0 Å². The molecule has 7 nitrogen and oxygen atoms in total. The molecule has 0 bridgehead atoms. The average Bonchev–Trinajstić information content (AvgIpc) is 2.31. The number of hydrogen-bond acceptors (Lipinski definition) is 4. The van der Waals surface area contributed by atoms with Crippen LogP contribution in [0.25, 0.3) is 0 Å². The van der Waals surface area contributed by atoms with Gasteiger partial charge in [0.2, 0.25) is 11.8 Å². The molecule has 0 heterocycles. The molecule has 0 aromatic carbocycles. The number of rotatable bonds is 7. The van der Waals surface area contributed by atoms with E-state index in [0.717, 1.165) is 26.2 Å². The Labute approximate surface area is 120 Å². The summed E-state index contributed by atoms with van der Waals surface area (Å²) in [5.74, 6) is -0.792. The fourth-order valence-corrected chi connectivity index (χ4v) is 1.52. The predicted molar refractivity (Wildman–Crippen MR) is 77.4 cm³/mol. The molecule has 20 heavy (non-hydrogen) atoms. The maximum atomic E-state index is 11.5. The van der Waals surface area contributed by atoms with Gasteiger partial charge in [-0.1, -0.05) is 0 Å². The van der Waals surface area contributed by atoms with Crippen LogP contribution in [-0.4, -0.2) is 61.5 Å². The minimum absolute atomic E-state index is 0.00420. The Bertz CT molecular complexity index is 302. The van der Waals surface area contributed by atoms with Gasteiger partial charge >= 0.3 is 0 Å². The Morgan fingerprint density at radius 3 is 2.00 bits per heavy atom. The second-order valence-electron chi connectivity index (χ2n) is 4.59. The Hall–Kier alpha value is -1.63. The van der Waals surface area contributed by atoms with Crippen LogP contribution in [0.5, 0.6) is 0 Å². The van der Waals surface area contributed by atoms with Crippen molar-refractivity contribution in [3.63, 3.8) is 0 Å². The maximum absolute atomic E-state index is 11.5. The Morgan fingerprint density at radius 1 is 1.15 bits per heavy atom. The molecule has 0 aromatic heterocycles. The molecule has 0 saturated carbocycles. The first-order valence-corrected chi connectivity index (χ1v) is 6.54. The molecule has 0 aliphatic rings. The zero-order valence-corrected chi connectivity index (χ0v) is 13.0. The van der Waals surface area contributed by atoms with E-state index in [9.17, 15) is 9.59 Å². The number of nitrogens with zero attached hydrogens (tertiary/aromatic N) is 1. The summed E-state index contributed by atoms with van der Waals surface area (Å²) in [7, 11) is 5.44. The zero-order chi connectivity index (χ0) is 16.1. The second kappa shape index (κ2) is 12.4. The molecular formula is C13H27N3O4. The highest BCUT2D eigenvalue weighted by molar-refractivity contribution is 5.81. The van der Waals surface area contributed by atoms with Gasteiger partial charge in [0, 0.05) is 27.4 Å². The van der Waals surface area contributed by atoms with Crippen molar-refractivity contribution in [3.8, 4) is 0 Å². The predicted octanol–water partition coefficient (Wildman–Crippen LogP) is 0.0599. The third-order valence-electron chi connectivity index (χ3n) is 2.45. The molecule has 118 valence electrons. The Balaban J connectivity index is 0. The van der Waals surface area contributed by atoms with E-state index in [0.29, 0.717) is 6.54 Å². The number of hydrogen-bond donors (Lipinski definition) is 3. The van der Waals surface area contributed by atoms with Gasteiger partial charge in [-0.2, -0.15) is 0 Å². The Kier molecular flexibility index (Phi) is 12.8. The van der Waals surface area contributed by atoms with Crippen molar-refractivity contribution in [1.82, 2.24) is 15.5 Å². The SMILES string of the molecule is C[15N](C)C(CCCCNC([13CH3])=O)C(=O)N[13CH3].[13CH3]C(=O)O. The molecular weight excluding hydrogens is 266 g/mol. The number of likely N-dealkylation sites (N-methyl/N-ethyl adjacent to an activating group) is 2. The molecule has 0 radical (unpaired) electrons. The highest BCUT2D eigenvalue weighted by atomic mass is 16.4. The lowest BCUT2D eigenvalue weighted by Crippen LogP contribution is -2.42. The lowest BCUT2D eigenvalue weighted by molar-refractivity contribution is -0.134. The monoisotopic (exact) mass is 293 g/mol. The summed E-state index contributed by atoms with van der Waals surface area (Å²) in [6.45, 7) is 3.27. The van der Waals surface area contributed by atoms with Crippen molar-refractivity contribution in [1.29, 1.82) is 0 Å². The smallest absolute Gasteiger partial charge is 0.300 e. The quantitative estimate of drug-likeness (QED) is 0.350. The highest BCUT2D eigenvalue weighted by Crippen LogP contribution is 2.05. The molecule has 0 saturated heterocycles. The van der Waals surface area contributed by atoms with Crippen LogP contribution in [0.4, 0.5) is 0 Å². The van der Waals surface area contributed by atoms with Crippen LogP contribution in [-0.2, 0) is 14.4 Å². The number of carbonyl (C=O) groups is 3. The van der Waals surface area contributed by atoms with Gasteiger partial charge in [-0.05, 0) is 33.4 Å². The number of amides is 2.